The lowest BCUT2D eigenvalue weighted by Gasteiger charge is -2.34. The molecule has 1 amide bonds. The molecule has 0 radical (unpaired) electrons. The Morgan fingerprint density at radius 3 is 2.71 bits per heavy atom. The van der Waals surface area contributed by atoms with Crippen LogP contribution >= 0.6 is 0 Å². The van der Waals surface area contributed by atoms with Gasteiger partial charge < -0.3 is 9.64 Å². The quantitative estimate of drug-likeness (QED) is 0.785. The van der Waals surface area contributed by atoms with Gasteiger partial charge in [-0.25, -0.2) is 0 Å². The molecule has 7 nitrogen and oxygen atoms in total. The van der Waals surface area contributed by atoms with Gasteiger partial charge in [0.1, 0.15) is 0 Å². The molecule has 0 N–H and O–H groups in total. The average molecular weight is 335 g/mol. The summed E-state index contributed by atoms with van der Waals surface area (Å²) in [5, 5.41) is 4.23. The second-order valence-corrected chi connectivity index (χ2v) is 6.80. The first-order valence-electron chi connectivity index (χ1n) is 8.94. The Morgan fingerprint density at radius 1 is 1.21 bits per heavy atom. The van der Waals surface area contributed by atoms with Gasteiger partial charge in [0.2, 0.25) is 5.91 Å². The number of amides is 1. The number of rotatable bonds is 4. The van der Waals surface area contributed by atoms with Crippen LogP contribution < -0.4 is 0 Å². The molecular formula is C17H29N5O2. The van der Waals surface area contributed by atoms with Gasteiger partial charge in [-0.15, -0.1) is 0 Å². The van der Waals surface area contributed by atoms with E-state index in [0.717, 1.165) is 65.4 Å². The Balaban J connectivity index is 1.51. The molecule has 0 aromatic carbocycles. The number of nitrogens with zero attached hydrogens (tertiary/aromatic N) is 5. The SMILES string of the molecule is CC(C(=O)N1CCCN(Cc2cnn(C)c2)CC1)N1CCOCC1. The van der Waals surface area contributed by atoms with Crippen molar-refractivity contribution in [2.24, 2.45) is 7.05 Å². The van der Waals surface area contributed by atoms with E-state index in [1.54, 1.807) is 0 Å². The molecule has 0 bridgehead atoms. The molecule has 1 aromatic rings. The fourth-order valence-corrected chi connectivity index (χ4v) is 3.55. The summed E-state index contributed by atoms with van der Waals surface area (Å²) in [6.45, 7) is 9.75. The van der Waals surface area contributed by atoms with E-state index in [2.05, 4.69) is 21.1 Å². The predicted octanol–water partition coefficient (Wildman–Crippen LogP) is 0.175. The monoisotopic (exact) mass is 335 g/mol. The van der Waals surface area contributed by atoms with Gasteiger partial charge >= 0.3 is 0 Å². The summed E-state index contributed by atoms with van der Waals surface area (Å²) < 4.78 is 7.23. The normalized spacial score (nSPS) is 22.3. The van der Waals surface area contributed by atoms with Crippen LogP contribution in [0.3, 0.4) is 0 Å². The van der Waals surface area contributed by atoms with Crippen LogP contribution in [0.1, 0.15) is 18.9 Å². The number of aryl methyl sites for hydroxylation is 1. The van der Waals surface area contributed by atoms with Crippen LogP contribution in [-0.4, -0.2) is 88.9 Å². The van der Waals surface area contributed by atoms with Crippen LogP contribution in [0.15, 0.2) is 12.4 Å². The molecule has 1 unspecified atom stereocenters. The van der Waals surface area contributed by atoms with Crippen molar-refractivity contribution < 1.29 is 9.53 Å². The van der Waals surface area contributed by atoms with Gasteiger partial charge in [-0.1, -0.05) is 0 Å². The van der Waals surface area contributed by atoms with Gasteiger partial charge in [0.15, 0.2) is 0 Å². The van der Waals surface area contributed by atoms with E-state index in [1.807, 2.05) is 29.7 Å². The van der Waals surface area contributed by atoms with E-state index in [1.165, 1.54) is 5.56 Å². The summed E-state index contributed by atoms with van der Waals surface area (Å²) in [7, 11) is 1.94. The van der Waals surface area contributed by atoms with Crippen molar-refractivity contribution >= 4 is 5.91 Å². The Labute approximate surface area is 144 Å². The van der Waals surface area contributed by atoms with E-state index >= 15 is 0 Å². The fourth-order valence-electron chi connectivity index (χ4n) is 3.55. The number of carbonyl (C=O) groups excluding carboxylic acids is 1. The number of carbonyl (C=O) groups is 1. The second-order valence-electron chi connectivity index (χ2n) is 6.80. The van der Waals surface area contributed by atoms with Crippen molar-refractivity contribution in [1.29, 1.82) is 0 Å². The first-order chi connectivity index (χ1) is 11.6. The maximum absolute atomic E-state index is 12.8. The highest BCUT2D eigenvalue weighted by molar-refractivity contribution is 5.81. The summed E-state index contributed by atoms with van der Waals surface area (Å²) in [6.07, 6.45) is 5.02. The Hall–Kier alpha value is -1.44. The van der Waals surface area contributed by atoms with Gasteiger partial charge in [-0.3, -0.25) is 19.3 Å². The lowest BCUT2D eigenvalue weighted by Crippen LogP contribution is -2.51. The third-order valence-electron chi connectivity index (χ3n) is 5.02. The summed E-state index contributed by atoms with van der Waals surface area (Å²) in [6, 6.07) is -0.0428. The lowest BCUT2D eigenvalue weighted by atomic mass is 10.2. The van der Waals surface area contributed by atoms with Crippen LogP contribution in [0.4, 0.5) is 0 Å². The fraction of sp³-hybridized carbons (Fsp3) is 0.765. The molecule has 134 valence electrons. The third kappa shape index (κ3) is 4.34. The molecule has 2 aliphatic heterocycles. The molecule has 24 heavy (non-hydrogen) atoms. The Kier molecular flexibility index (Phi) is 5.86. The van der Waals surface area contributed by atoms with Crippen LogP contribution in [0.5, 0.6) is 0 Å². The van der Waals surface area contributed by atoms with Gasteiger partial charge in [0.05, 0.1) is 25.5 Å². The van der Waals surface area contributed by atoms with Crippen molar-refractivity contribution in [1.82, 2.24) is 24.5 Å². The Morgan fingerprint density at radius 2 is 2.00 bits per heavy atom. The van der Waals surface area contributed by atoms with E-state index in [-0.39, 0.29) is 11.9 Å². The summed E-state index contributed by atoms with van der Waals surface area (Å²) in [5.74, 6) is 0.264. The largest absolute Gasteiger partial charge is 0.379 e. The van der Waals surface area contributed by atoms with Crippen LogP contribution in [0.25, 0.3) is 0 Å². The van der Waals surface area contributed by atoms with E-state index < -0.39 is 0 Å². The van der Waals surface area contributed by atoms with E-state index in [4.69, 9.17) is 4.74 Å². The van der Waals surface area contributed by atoms with Crippen molar-refractivity contribution in [2.45, 2.75) is 25.9 Å². The topological polar surface area (TPSA) is 53.8 Å². The molecule has 2 saturated heterocycles. The van der Waals surface area contributed by atoms with Crippen molar-refractivity contribution in [2.75, 3.05) is 52.5 Å². The Bertz CT molecular complexity index is 541. The summed E-state index contributed by atoms with van der Waals surface area (Å²) >= 11 is 0. The molecule has 3 rings (SSSR count). The van der Waals surface area contributed by atoms with Gasteiger partial charge in [0.25, 0.3) is 0 Å². The first kappa shape index (κ1) is 17.4. The number of aromatic nitrogens is 2. The van der Waals surface area contributed by atoms with Crippen molar-refractivity contribution in [3.05, 3.63) is 18.0 Å². The van der Waals surface area contributed by atoms with E-state index in [9.17, 15) is 4.79 Å². The standard InChI is InChI=1S/C17H29N5O2/c1-15(21-8-10-24-11-9-21)17(23)22-5-3-4-20(6-7-22)14-16-12-18-19(2)13-16/h12-13,15H,3-11,14H2,1-2H3. The summed E-state index contributed by atoms with van der Waals surface area (Å²) in [4.78, 5) is 19.5. The molecule has 1 aromatic heterocycles. The minimum absolute atomic E-state index is 0.0428. The molecular weight excluding hydrogens is 306 g/mol. The number of ether oxygens (including phenoxy) is 1. The zero-order valence-electron chi connectivity index (χ0n) is 14.9. The van der Waals surface area contributed by atoms with Crippen molar-refractivity contribution in [3.63, 3.8) is 0 Å². The predicted molar refractivity (Wildman–Crippen MR) is 91.5 cm³/mol. The zero-order valence-corrected chi connectivity index (χ0v) is 14.9. The van der Waals surface area contributed by atoms with E-state index in [0.29, 0.717) is 0 Å². The highest BCUT2D eigenvalue weighted by Gasteiger charge is 2.28. The van der Waals surface area contributed by atoms with Gasteiger partial charge in [-0.05, 0) is 13.3 Å². The molecule has 0 aliphatic carbocycles. The maximum atomic E-state index is 12.8. The molecule has 7 heteroatoms. The third-order valence-corrected chi connectivity index (χ3v) is 5.02. The first-order valence-corrected chi connectivity index (χ1v) is 8.94. The maximum Gasteiger partial charge on any atom is 0.239 e. The van der Waals surface area contributed by atoms with Crippen molar-refractivity contribution in [3.8, 4) is 0 Å². The molecule has 2 fully saturated rings. The molecule has 2 aliphatic rings. The van der Waals surface area contributed by atoms with Gasteiger partial charge in [0, 0.05) is 64.6 Å². The highest BCUT2D eigenvalue weighted by atomic mass is 16.5. The van der Waals surface area contributed by atoms with Crippen LogP contribution in [-0.2, 0) is 23.1 Å². The molecule has 1 atom stereocenters. The van der Waals surface area contributed by atoms with Crippen LogP contribution in [0.2, 0.25) is 0 Å². The van der Waals surface area contributed by atoms with Crippen LogP contribution in [0, 0.1) is 0 Å². The lowest BCUT2D eigenvalue weighted by molar-refractivity contribution is -0.137. The molecule has 0 saturated carbocycles. The highest BCUT2D eigenvalue weighted by Crippen LogP contribution is 2.12. The second kappa shape index (κ2) is 8.09. The number of hydrogen-bond donors (Lipinski definition) is 0. The average Bonchev–Trinajstić information content (AvgIpc) is 2.87. The minimum atomic E-state index is -0.0428. The molecule has 0 spiro atoms. The number of morpholine rings is 1. The summed E-state index contributed by atoms with van der Waals surface area (Å²) in [5.41, 5.74) is 1.24. The smallest absolute Gasteiger partial charge is 0.239 e. The number of hydrogen-bond acceptors (Lipinski definition) is 5. The molecule has 3 heterocycles. The minimum Gasteiger partial charge on any atom is -0.379 e. The van der Waals surface area contributed by atoms with Gasteiger partial charge in [-0.2, -0.15) is 5.10 Å². The zero-order chi connectivity index (χ0) is 16.9.